The third-order valence-corrected chi connectivity index (χ3v) is 2.62. The van der Waals surface area contributed by atoms with Crippen LogP contribution in [-0.2, 0) is 0 Å². The summed E-state index contributed by atoms with van der Waals surface area (Å²) in [4.78, 5) is 4.40. The van der Waals surface area contributed by atoms with Crippen LogP contribution in [0, 0.1) is 0 Å². The lowest BCUT2D eigenvalue weighted by molar-refractivity contribution is 0.560. The Hall–Kier alpha value is -1.71. The maximum Gasteiger partial charge on any atom is 0.0702 e. The van der Waals surface area contributed by atoms with E-state index in [1.165, 1.54) is 0 Å². The normalized spacial score (nSPS) is 12.6. The fourth-order valence-corrected chi connectivity index (χ4v) is 1.75. The maximum absolute atomic E-state index is 5.51. The van der Waals surface area contributed by atoms with Gasteiger partial charge in [-0.15, -0.1) is 6.58 Å². The Morgan fingerprint density at radius 1 is 1.44 bits per heavy atom. The number of nitrogens with zero attached hydrogens (tertiary/aromatic N) is 1. The number of rotatable bonds is 4. The summed E-state index contributed by atoms with van der Waals surface area (Å²) in [5, 5.41) is 1.13. The molecule has 2 aromatic rings. The fraction of sp³-hybridized carbons (Fsp3) is 0.154. The highest BCUT2D eigenvalue weighted by Crippen LogP contribution is 2.20. The van der Waals surface area contributed by atoms with E-state index in [9.17, 15) is 0 Å². The Balaban J connectivity index is 2.41. The molecule has 82 valence electrons. The van der Waals surface area contributed by atoms with Crippen molar-refractivity contribution in [3.63, 3.8) is 0 Å². The standard InChI is InChI=1S/C13H15N3/c1-2-5-13(16-14)11-8-10-6-3-4-7-12(10)15-9-11/h2-4,6-9,13,16H,1,5,14H2. The fourth-order valence-electron chi connectivity index (χ4n) is 1.75. The molecular weight excluding hydrogens is 198 g/mol. The number of nitrogens with two attached hydrogens (primary N) is 1. The van der Waals surface area contributed by atoms with Crippen molar-refractivity contribution in [1.29, 1.82) is 0 Å². The third kappa shape index (κ3) is 2.10. The smallest absolute Gasteiger partial charge is 0.0702 e. The Morgan fingerprint density at radius 3 is 3.00 bits per heavy atom. The number of para-hydroxylation sites is 1. The predicted octanol–water partition coefficient (Wildman–Crippen LogP) is 2.32. The summed E-state index contributed by atoms with van der Waals surface area (Å²) < 4.78 is 0. The van der Waals surface area contributed by atoms with E-state index in [4.69, 9.17) is 5.84 Å². The van der Waals surface area contributed by atoms with E-state index in [1.807, 2.05) is 36.5 Å². The Labute approximate surface area is 95.0 Å². The van der Waals surface area contributed by atoms with Crippen LogP contribution >= 0.6 is 0 Å². The van der Waals surface area contributed by atoms with Gasteiger partial charge < -0.3 is 0 Å². The molecule has 3 N–H and O–H groups in total. The molecule has 0 saturated carbocycles. The summed E-state index contributed by atoms with van der Waals surface area (Å²) in [6.07, 6.45) is 4.49. The number of nitrogens with one attached hydrogen (secondary N) is 1. The molecule has 0 spiro atoms. The van der Waals surface area contributed by atoms with Crippen molar-refractivity contribution in [2.75, 3.05) is 0 Å². The number of aromatic nitrogens is 1. The SMILES string of the molecule is C=CCC(NN)c1cnc2ccccc2c1. The van der Waals surface area contributed by atoms with Crippen molar-refractivity contribution in [3.8, 4) is 0 Å². The Bertz CT molecular complexity index is 493. The van der Waals surface area contributed by atoms with E-state index < -0.39 is 0 Å². The van der Waals surface area contributed by atoms with Gasteiger partial charge in [0.1, 0.15) is 0 Å². The molecule has 1 aromatic heterocycles. The number of hydrogen-bond donors (Lipinski definition) is 2. The molecule has 0 fully saturated rings. The van der Waals surface area contributed by atoms with Crippen LogP contribution < -0.4 is 11.3 Å². The molecule has 0 aliphatic carbocycles. The molecule has 0 bridgehead atoms. The van der Waals surface area contributed by atoms with Crippen LogP contribution in [-0.4, -0.2) is 4.98 Å². The highest BCUT2D eigenvalue weighted by molar-refractivity contribution is 5.78. The van der Waals surface area contributed by atoms with Gasteiger partial charge in [-0.3, -0.25) is 16.3 Å². The molecule has 1 aromatic carbocycles. The van der Waals surface area contributed by atoms with Gasteiger partial charge in [-0.25, -0.2) is 0 Å². The first-order valence-corrected chi connectivity index (χ1v) is 5.27. The molecule has 0 amide bonds. The minimum atomic E-state index is 0.0783. The average molecular weight is 213 g/mol. The third-order valence-electron chi connectivity index (χ3n) is 2.62. The van der Waals surface area contributed by atoms with E-state index in [-0.39, 0.29) is 6.04 Å². The Kier molecular flexibility index (Phi) is 3.29. The van der Waals surface area contributed by atoms with Crippen molar-refractivity contribution in [2.24, 2.45) is 5.84 Å². The van der Waals surface area contributed by atoms with Crippen LogP contribution in [0.2, 0.25) is 0 Å². The second-order valence-electron chi connectivity index (χ2n) is 3.70. The van der Waals surface area contributed by atoms with Crippen LogP contribution in [0.4, 0.5) is 0 Å². The lowest BCUT2D eigenvalue weighted by Gasteiger charge is -2.14. The van der Waals surface area contributed by atoms with Crippen molar-refractivity contribution < 1.29 is 0 Å². The number of fused-ring (bicyclic) bond motifs is 1. The largest absolute Gasteiger partial charge is 0.271 e. The number of pyridine rings is 1. The summed E-state index contributed by atoms with van der Waals surface area (Å²) >= 11 is 0. The zero-order valence-corrected chi connectivity index (χ0v) is 9.06. The number of hydrogen-bond acceptors (Lipinski definition) is 3. The molecular formula is C13H15N3. The lowest BCUT2D eigenvalue weighted by Crippen LogP contribution is -2.27. The summed E-state index contributed by atoms with van der Waals surface area (Å²) in [7, 11) is 0. The van der Waals surface area contributed by atoms with Gasteiger partial charge in [-0.2, -0.15) is 0 Å². The maximum atomic E-state index is 5.51. The summed E-state index contributed by atoms with van der Waals surface area (Å²) in [5.41, 5.74) is 4.86. The van der Waals surface area contributed by atoms with E-state index in [0.29, 0.717) is 0 Å². The molecule has 0 saturated heterocycles. The number of benzene rings is 1. The molecule has 0 radical (unpaired) electrons. The van der Waals surface area contributed by atoms with Gasteiger partial charge in [0.2, 0.25) is 0 Å². The lowest BCUT2D eigenvalue weighted by atomic mass is 10.0. The highest BCUT2D eigenvalue weighted by atomic mass is 15.2. The van der Waals surface area contributed by atoms with Crippen LogP contribution in [0.15, 0.2) is 49.2 Å². The van der Waals surface area contributed by atoms with Gasteiger partial charge in [-0.05, 0) is 24.1 Å². The van der Waals surface area contributed by atoms with Gasteiger partial charge in [0.25, 0.3) is 0 Å². The monoisotopic (exact) mass is 213 g/mol. The topological polar surface area (TPSA) is 50.9 Å². The molecule has 1 heterocycles. The first-order chi connectivity index (χ1) is 7.85. The molecule has 0 aliphatic rings. The van der Waals surface area contributed by atoms with Crippen molar-refractivity contribution in [1.82, 2.24) is 10.4 Å². The first kappa shape index (κ1) is 10.8. The van der Waals surface area contributed by atoms with Crippen molar-refractivity contribution in [2.45, 2.75) is 12.5 Å². The number of hydrazine groups is 1. The second-order valence-corrected chi connectivity index (χ2v) is 3.70. The summed E-state index contributed by atoms with van der Waals surface area (Å²) in [5.74, 6) is 5.51. The zero-order valence-electron chi connectivity index (χ0n) is 9.06. The highest BCUT2D eigenvalue weighted by Gasteiger charge is 2.08. The van der Waals surface area contributed by atoms with E-state index in [2.05, 4.69) is 23.1 Å². The van der Waals surface area contributed by atoms with E-state index in [0.717, 1.165) is 22.9 Å². The van der Waals surface area contributed by atoms with Gasteiger partial charge in [-0.1, -0.05) is 24.3 Å². The van der Waals surface area contributed by atoms with Crippen molar-refractivity contribution in [3.05, 3.63) is 54.7 Å². The second kappa shape index (κ2) is 4.88. The van der Waals surface area contributed by atoms with Crippen molar-refractivity contribution >= 4 is 10.9 Å². The molecule has 0 aliphatic heterocycles. The molecule has 1 unspecified atom stereocenters. The minimum Gasteiger partial charge on any atom is -0.271 e. The summed E-state index contributed by atoms with van der Waals surface area (Å²) in [6.45, 7) is 3.72. The summed E-state index contributed by atoms with van der Waals surface area (Å²) in [6, 6.07) is 10.2. The minimum absolute atomic E-state index is 0.0783. The van der Waals surface area contributed by atoms with Crippen LogP contribution in [0.1, 0.15) is 18.0 Å². The van der Waals surface area contributed by atoms with Gasteiger partial charge >= 0.3 is 0 Å². The van der Waals surface area contributed by atoms with Gasteiger partial charge in [0.05, 0.1) is 11.6 Å². The molecule has 2 rings (SSSR count). The molecule has 1 atom stereocenters. The molecule has 3 heteroatoms. The van der Waals surface area contributed by atoms with Gasteiger partial charge in [0.15, 0.2) is 0 Å². The average Bonchev–Trinajstić information content (AvgIpc) is 2.35. The van der Waals surface area contributed by atoms with Crippen LogP contribution in [0.25, 0.3) is 10.9 Å². The van der Waals surface area contributed by atoms with Crippen LogP contribution in [0.5, 0.6) is 0 Å². The van der Waals surface area contributed by atoms with E-state index in [1.54, 1.807) is 0 Å². The quantitative estimate of drug-likeness (QED) is 0.465. The Morgan fingerprint density at radius 2 is 2.25 bits per heavy atom. The molecule has 16 heavy (non-hydrogen) atoms. The zero-order chi connectivity index (χ0) is 11.4. The predicted molar refractivity (Wildman–Crippen MR) is 66.6 cm³/mol. The van der Waals surface area contributed by atoms with E-state index >= 15 is 0 Å². The first-order valence-electron chi connectivity index (χ1n) is 5.27. The van der Waals surface area contributed by atoms with Crippen LogP contribution in [0.3, 0.4) is 0 Å². The molecule has 3 nitrogen and oxygen atoms in total. The van der Waals surface area contributed by atoms with Gasteiger partial charge in [0, 0.05) is 11.6 Å².